The van der Waals surface area contributed by atoms with Crippen LogP contribution < -0.4 is 4.74 Å². The van der Waals surface area contributed by atoms with E-state index in [-0.39, 0.29) is 23.6 Å². The van der Waals surface area contributed by atoms with E-state index in [1.165, 1.54) is 5.56 Å². The van der Waals surface area contributed by atoms with Crippen LogP contribution in [0.4, 0.5) is 4.79 Å². The van der Waals surface area contributed by atoms with Crippen LogP contribution in [0.25, 0.3) is 11.1 Å². The van der Waals surface area contributed by atoms with E-state index in [4.69, 9.17) is 27.9 Å². The molecule has 6 rings (SSSR count). The molecular weight excluding hydrogens is 483 g/mol. The standard InChI is InChI=1S/C28H34Cl2N2O3/c1-16(2)35-25-22(29)12-19(13-23(25)30)18-5-6-21-20(11-18)14-28(3,4)26(21)32(27(33)34)24-15-31-9-7-17(24)8-10-31/h5-6,11-13,16-17,24,26H,7-10,14-15H2,1-4H3,(H,33,34)/t24-,26+/m1/s1. The average molecular weight is 517 g/mol. The van der Waals surface area contributed by atoms with Gasteiger partial charge < -0.3 is 14.7 Å². The quantitative estimate of drug-likeness (QED) is 0.458. The fourth-order valence-corrected chi connectivity index (χ4v) is 7.08. The molecule has 3 saturated heterocycles. The lowest BCUT2D eigenvalue weighted by Crippen LogP contribution is -2.60. The van der Waals surface area contributed by atoms with Gasteiger partial charge in [0.2, 0.25) is 0 Å². The first-order chi connectivity index (χ1) is 16.5. The molecular formula is C28H34Cl2N2O3. The number of halogens is 2. The molecule has 1 aliphatic carbocycles. The van der Waals surface area contributed by atoms with Crippen LogP contribution in [0, 0.1) is 11.3 Å². The molecule has 2 aromatic carbocycles. The lowest BCUT2D eigenvalue weighted by molar-refractivity contribution is -0.0267. The maximum Gasteiger partial charge on any atom is 0.408 e. The maximum absolute atomic E-state index is 12.7. The molecule has 1 N–H and O–H groups in total. The molecule has 1 amide bonds. The van der Waals surface area contributed by atoms with Gasteiger partial charge in [-0.05, 0) is 91.9 Å². The second-order valence-corrected chi connectivity index (χ2v) is 12.1. The van der Waals surface area contributed by atoms with Crippen LogP contribution in [0.1, 0.15) is 57.7 Å². The highest BCUT2D eigenvalue weighted by molar-refractivity contribution is 6.37. The van der Waals surface area contributed by atoms with Gasteiger partial charge in [0.25, 0.3) is 0 Å². The summed E-state index contributed by atoms with van der Waals surface area (Å²) in [6.07, 6.45) is 2.17. The van der Waals surface area contributed by atoms with Crippen molar-refractivity contribution < 1.29 is 14.6 Å². The Labute approximate surface area is 218 Å². The predicted molar refractivity (Wildman–Crippen MR) is 141 cm³/mol. The van der Waals surface area contributed by atoms with Crippen molar-refractivity contribution in [2.75, 3.05) is 19.6 Å². The third-order valence-corrected chi connectivity index (χ3v) is 8.55. The van der Waals surface area contributed by atoms with Crippen LogP contribution in [-0.2, 0) is 6.42 Å². The molecule has 0 aromatic heterocycles. The van der Waals surface area contributed by atoms with E-state index in [1.54, 1.807) is 4.90 Å². The summed E-state index contributed by atoms with van der Waals surface area (Å²) in [7, 11) is 0. The number of ether oxygens (including phenoxy) is 1. The summed E-state index contributed by atoms with van der Waals surface area (Å²) in [5.41, 5.74) is 4.06. The van der Waals surface area contributed by atoms with E-state index in [1.807, 2.05) is 26.0 Å². The summed E-state index contributed by atoms with van der Waals surface area (Å²) in [5, 5.41) is 11.4. The van der Waals surface area contributed by atoms with Crippen LogP contribution in [0.5, 0.6) is 5.75 Å². The van der Waals surface area contributed by atoms with Crippen molar-refractivity contribution in [2.45, 2.75) is 65.1 Å². The summed E-state index contributed by atoms with van der Waals surface area (Å²) >= 11 is 13.0. The van der Waals surface area contributed by atoms with Gasteiger partial charge in [0.1, 0.15) is 0 Å². The summed E-state index contributed by atoms with van der Waals surface area (Å²) < 4.78 is 5.78. The molecule has 3 fully saturated rings. The van der Waals surface area contributed by atoms with E-state index in [0.29, 0.717) is 21.7 Å². The smallest absolute Gasteiger partial charge is 0.408 e. The second-order valence-electron chi connectivity index (χ2n) is 11.3. The summed E-state index contributed by atoms with van der Waals surface area (Å²) in [5.74, 6) is 0.954. The largest absolute Gasteiger partial charge is 0.488 e. The highest BCUT2D eigenvalue weighted by Crippen LogP contribution is 2.52. The first-order valence-electron chi connectivity index (χ1n) is 12.6. The Balaban J connectivity index is 1.50. The molecule has 0 spiro atoms. The Bertz CT molecular complexity index is 1120. The molecule has 2 atom stereocenters. The molecule has 4 aliphatic rings. The third-order valence-electron chi connectivity index (χ3n) is 7.99. The number of piperidine rings is 3. The van der Waals surface area contributed by atoms with Gasteiger partial charge in [-0.1, -0.05) is 55.2 Å². The zero-order valence-corrected chi connectivity index (χ0v) is 22.4. The lowest BCUT2D eigenvalue weighted by atomic mass is 9.79. The topological polar surface area (TPSA) is 53.0 Å². The first-order valence-corrected chi connectivity index (χ1v) is 13.3. The normalized spacial score (nSPS) is 26.6. The molecule has 0 unspecified atom stereocenters. The summed E-state index contributed by atoms with van der Waals surface area (Å²) in [4.78, 5) is 16.9. The monoisotopic (exact) mass is 516 g/mol. The molecule has 2 bridgehead atoms. The number of carbonyl (C=O) groups is 1. The molecule has 3 heterocycles. The number of hydrogen-bond donors (Lipinski definition) is 1. The highest BCUT2D eigenvalue weighted by Gasteiger charge is 2.50. The van der Waals surface area contributed by atoms with Gasteiger partial charge in [0.15, 0.2) is 5.75 Å². The highest BCUT2D eigenvalue weighted by atomic mass is 35.5. The van der Waals surface area contributed by atoms with Crippen LogP contribution in [-0.4, -0.2) is 52.8 Å². The number of carboxylic acid groups (broad SMARTS) is 1. The van der Waals surface area contributed by atoms with E-state index < -0.39 is 6.09 Å². The minimum Gasteiger partial charge on any atom is -0.488 e. The molecule has 188 valence electrons. The van der Waals surface area contributed by atoms with Crippen LogP contribution in [0.3, 0.4) is 0 Å². The molecule has 3 aliphatic heterocycles. The molecule has 2 aromatic rings. The van der Waals surface area contributed by atoms with Crippen LogP contribution in [0.2, 0.25) is 10.0 Å². The fraction of sp³-hybridized carbons (Fsp3) is 0.536. The number of fused-ring (bicyclic) bond motifs is 4. The Morgan fingerprint density at radius 3 is 2.31 bits per heavy atom. The molecule has 0 saturated carbocycles. The maximum atomic E-state index is 12.7. The number of nitrogens with zero attached hydrogens (tertiary/aromatic N) is 2. The van der Waals surface area contributed by atoms with Crippen molar-refractivity contribution in [1.82, 2.24) is 9.80 Å². The number of rotatable bonds is 5. The molecule has 0 radical (unpaired) electrons. The molecule has 5 nitrogen and oxygen atoms in total. The summed E-state index contributed by atoms with van der Waals surface area (Å²) in [6.45, 7) is 11.3. The van der Waals surface area contributed by atoms with Crippen molar-refractivity contribution in [2.24, 2.45) is 11.3 Å². The summed E-state index contributed by atoms with van der Waals surface area (Å²) in [6, 6.07) is 10.0. The molecule has 35 heavy (non-hydrogen) atoms. The van der Waals surface area contributed by atoms with E-state index in [0.717, 1.165) is 55.6 Å². The Morgan fingerprint density at radius 1 is 1.11 bits per heavy atom. The Kier molecular flexibility index (Phi) is 6.48. The lowest BCUT2D eigenvalue weighted by Gasteiger charge is -2.51. The minimum atomic E-state index is -0.807. The fourth-order valence-electron chi connectivity index (χ4n) is 6.51. The SMILES string of the molecule is CC(C)Oc1c(Cl)cc(-c2ccc3c(c2)CC(C)(C)[C@H]3N(C(=O)O)[C@@H]2CN3CCC2CC3)cc1Cl. The Hall–Kier alpha value is -1.95. The van der Waals surface area contributed by atoms with Gasteiger partial charge in [-0.25, -0.2) is 4.79 Å². The number of amides is 1. The van der Waals surface area contributed by atoms with Gasteiger partial charge in [-0.15, -0.1) is 0 Å². The average Bonchev–Trinajstić information content (AvgIpc) is 3.06. The van der Waals surface area contributed by atoms with Gasteiger partial charge in [-0.3, -0.25) is 4.90 Å². The van der Waals surface area contributed by atoms with Crippen LogP contribution >= 0.6 is 23.2 Å². The van der Waals surface area contributed by atoms with Gasteiger partial charge in [-0.2, -0.15) is 0 Å². The van der Waals surface area contributed by atoms with Crippen molar-refractivity contribution in [1.29, 1.82) is 0 Å². The van der Waals surface area contributed by atoms with Crippen molar-refractivity contribution in [3.8, 4) is 16.9 Å². The van der Waals surface area contributed by atoms with E-state index in [2.05, 4.69) is 36.9 Å². The van der Waals surface area contributed by atoms with Crippen molar-refractivity contribution in [3.05, 3.63) is 51.5 Å². The van der Waals surface area contributed by atoms with E-state index in [9.17, 15) is 9.90 Å². The number of hydrogen-bond acceptors (Lipinski definition) is 3. The van der Waals surface area contributed by atoms with Crippen molar-refractivity contribution in [3.63, 3.8) is 0 Å². The zero-order valence-electron chi connectivity index (χ0n) is 20.9. The number of benzene rings is 2. The van der Waals surface area contributed by atoms with Gasteiger partial charge >= 0.3 is 6.09 Å². The first kappa shape index (κ1) is 24.7. The minimum absolute atomic E-state index is 0.0247. The second kappa shape index (κ2) is 9.17. The molecule has 7 heteroatoms. The van der Waals surface area contributed by atoms with E-state index >= 15 is 0 Å². The third kappa shape index (κ3) is 4.52. The van der Waals surface area contributed by atoms with Gasteiger partial charge in [0, 0.05) is 6.54 Å². The van der Waals surface area contributed by atoms with Crippen molar-refractivity contribution >= 4 is 29.3 Å². The zero-order chi connectivity index (χ0) is 25.1. The van der Waals surface area contributed by atoms with Crippen LogP contribution in [0.15, 0.2) is 30.3 Å². The van der Waals surface area contributed by atoms with Gasteiger partial charge in [0.05, 0.1) is 28.2 Å². The predicted octanol–water partition coefficient (Wildman–Crippen LogP) is 7.15. The Morgan fingerprint density at radius 2 is 1.77 bits per heavy atom.